The highest BCUT2D eigenvalue weighted by molar-refractivity contribution is 6.32. The topological polar surface area (TPSA) is 70.1 Å². The number of aryl methyl sites for hydroxylation is 2. The van der Waals surface area contributed by atoms with E-state index in [0.717, 1.165) is 47.7 Å². The van der Waals surface area contributed by atoms with Crippen LogP contribution in [-0.2, 0) is 9.59 Å². The molecular formula is C29H43ClN2O4. The van der Waals surface area contributed by atoms with E-state index in [9.17, 15) is 14.7 Å². The zero-order chi connectivity index (χ0) is 25.7. The number of hydrogen-bond donors (Lipinski definition) is 1. The van der Waals surface area contributed by atoms with Gasteiger partial charge in [0, 0.05) is 49.5 Å². The van der Waals surface area contributed by atoms with Crippen LogP contribution in [0.1, 0.15) is 81.8 Å². The number of carbonyl (C=O) groups excluding carboxylic acids is 2. The van der Waals surface area contributed by atoms with E-state index in [1.807, 2.05) is 35.8 Å². The number of amides is 2. The first-order chi connectivity index (χ1) is 17.2. The molecule has 2 saturated heterocycles. The van der Waals surface area contributed by atoms with Crippen molar-refractivity contribution in [1.82, 2.24) is 9.80 Å². The van der Waals surface area contributed by atoms with Crippen LogP contribution < -0.4 is 4.74 Å². The van der Waals surface area contributed by atoms with Crippen molar-refractivity contribution in [2.24, 2.45) is 11.3 Å². The highest BCUT2D eigenvalue weighted by atomic mass is 35.5. The minimum absolute atomic E-state index is 0.106. The molecule has 0 spiro atoms. The van der Waals surface area contributed by atoms with Gasteiger partial charge in [0.05, 0.1) is 12.7 Å². The zero-order valence-corrected chi connectivity index (χ0v) is 22.8. The Kier molecular flexibility index (Phi) is 9.21. The van der Waals surface area contributed by atoms with Crippen molar-refractivity contribution < 1.29 is 19.4 Å². The number of nitrogens with zero attached hydrogens (tertiary/aromatic N) is 2. The SMILES string of the molecule is Cc1cc(OC[C@]2(CC(=O)N3CCC(O)CC3)CCCN(C(=O)CCC3CCCC3)C2)cc(C)c1Cl. The van der Waals surface area contributed by atoms with Crippen LogP contribution in [0.2, 0.25) is 5.02 Å². The maximum Gasteiger partial charge on any atom is 0.223 e. The Morgan fingerprint density at radius 1 is 1.00 bits per heavy atom. The third kappa shape index (κ3) is 6.95. The zero-order valence-electron chi connectivity index (χ0n) is 22.1. The van der Waals surface area contributed by atoms with Crippen molar-refractivity contribution in [2.45, 2.75) is 90.6 Å². The molecule has 0 bridgehead atoms. The summed E-state index contributed by atoms with van der Waals surface area (Å²) in [6.07, 6.45) is 9.72. The molecule has 200 valence electrons. The molecule has 2 heterocycles. The summed E-state index contributed by atoms with van der Waals surface area (Å²) in [7, 11) is 0. The molecule has 1 N–H and O–H groups in total. The molecule has 1 aromatic rings. The standard InChI is InChI=1S/C29H43ClN2O4/c1-21-16-25(17-22(2)28(21)30)36-20-29(18-27(35)31-14-10-24(33)11-15-31)12-5-13-32(19-29)26(34)9-8-23-6-3-4-7-23/h16-17,23-24,33H,3-15,18-20H2,1-2H3/t29-/m0/s1. The quantitative estimate of drug-likeness (QED) is 0.507. The molecule has 3 aliphatic rings. The molecular weight excluding hydrogens is 476 g/mol. The summed E-state index contributed by atoms with van der Waals surface area (Å²) >= 11 is 6.35. The average molecular weight is 519 g/mol. The van der Waals surface area contributed by atoms with Gasteiger partial charge in [-0.2, -0.15) is 0 Å². The van der Waals surface area contributed by atoms with Crippen molar-refractivity contribution in [1.29, 1.82) is 0 Å². The molecule has 0 unspecified atom stereocenters. The summed E-state index contributed by atoms with van der Waals surface area (Å²) in [6.45, 7) is 6.84. The maximum atomic E-state index is 13.4. The largest absolute Gasteiger partial charge is 0.493 e. The number of carbonyl (C=O) groups is 2. The van der Waals surface area contributed by atoms with E-state index in [2.05, 4.69) is 0 Å². The van der Waals surface area contributed by atoms with E-state index in [0.29, 0.717) is 57.8 Å². The molecule has 1 saturated carbocycles. The van der Waals surface area contributed by atoms with Crippen molar-refractivity contribution in [3.05, 3.63) is 28.3 Å². The summed E-state index contributed by atoms with van der Waals surface area (Å²) in [6, 6.07) is 3.90. The number of halogens is 1. The number of rotatable bonds is 8. The van der Waals surface area contributed by atoms with Crippen LogP contribution in [0.3, 0.4) is 0 Å². The lowest BCUT2D eigenvalue weighted by molar-refractivity contribution is -0.142. The fraction of sp³-hybridized carbons (Fsp3) is 0.724. The van der Waals surface area contributed by atoms with Crippen molar-refractivity contribution in [3.8, 4) is 5.75 Å². The van der Waals surface area contributed by atoms with Gasteiger partial charge in [-0.05, 0) is 75.1 Å². The molecule has 1 aliphatic carbocycles. The van der Waals surface area contributed by atoms with Crippen molar-refractivity contribution in [2.75, 3.05) is 32.8 Å². The van der Waals surface area contributed by atoms with Crippen LogP contribution in [0.4, 0.5) is 0 Å². The van der Waals surface area contributed by atoms with Gasteiger partial charge in [-0.1, -0.05) is 37.3 Å². The van der Waals surface area contributed by atoms with Gasteiger partial charge in [0.25, 0.3) is 0 Å². The van der Waals surface area contributed by atoms with Crippen LogP contribution in [0.25, 0.3) is 0 Å². The molecule has 36 heavy (non-hydrogen) atoms. The van der Waals surface area contributed by atoms with Gasteiger partial charge in [0.2, 0.25) is 11.8 Å². The van der Waals surface area contributed by atoms with Gasteiger partial charge >= 0.3 is 0 Å². The Morgan fingerprint density at radius 2 is 1.67 bits per heavy atom. The van der Waals surface area contributed by atoms with Crippen molar-refractivity contribution >= 4 is 23.4 Å². The molecule has 7 heteroatoms. The highest BCUT2D eigenvalue weighted by Gasteiger charge is 2.41. The van der Waals surface area contributed by atoms with Gasteiger partial charge < -0.3 is 19.6 Å². The molecule has 0 radical (unpaired) electrons. The maximum absolute atomic E-state index is 13.4. The van der Waals surface area contributed by atoms with E-state index in [1.165, 1.54) is 25.7 Å². The molecule has 2 amide bonds. The van der Waals surface area contributed by atoms with E-state index in [4.69, 9.17) is 16.3 Å². The third-order valence-corrected chi connectivity index (χ3v) is 9.15. The molecule has 2 aliphatic heterocycles. The number of likely N-dealkylation sites (tertiary alicyclic amines) is 2. The van der Waals surface area contributed by atoms with Crippen LogP contribution in [-0.4, -0.2) is 65.6 Å². The molecule has 4 rings (SSSR count). The Hall–Kier alpha value is -1.79. The summed E-state index contributed by atoms with van der Waals surface area (Å²) in [5.74, 6) is 1.78. The molecule has 1 atom stereocenters. The van der Waals surface area contributed by atoms with Crippen molar-refractivity contribution in [3.63, 3.8) is 0 Å². The van der Waals surface area contributed by atoms with Crippen LogP contribution in [0, 0.1) is 25.2 Å². The smallest absolute Gasteiger partial charge is 0.223 e. The normalized spacial score (nSPS) is 23.8. The van der Waals surface area contributed by atoms with Crippen LogP contribution >= 0.6 is 11.6 Å². The number of aliphatic hydroxyl groups is 1. The Bertz CT molecular complexity index is 901. The van der Waals surface area contributed by atoms with Gasteiger partial charge in [-0.15, -0.1) is 0 Å². The molecule has 3 fully saturated rings. The number of hydrogen-bond acceptors (Lipinski definition) is 4. The van der Waals surface area contributed by atoms with E-state index in [1.54, 1.807) is 0 Å². The number of benzene rings is 1. The summed E-state index contributed by atoms with van der Waals surface area (Å²) in [5.41, 5.74) is 1.52. The Morgan fingerprint density at radius 3 is 2.33 bits per heavy atom. The molecule has 1 aromatic carbocycles. The summed E-state index contributed by atoms with van der Waals surface area (Å²) in [4.78, 5) is 30.5. The minimum Gasteiger partial charge on any atom is -0.493 e. The molecule has 6 nitrogen and oxygen atoms in total. The average Bonchev–Trinajstić information content (AvgIpc) is 3.39. The first-order valence-electron chi connectivity index (χ1n) is 13.9. The van der Waals surface area contributed by atoms with Gasteiger partial charge in [0.1, 0.15) is 5.75 Å². The summed E-state index contributed by atoms with van der Waals surface area (Å²) < 4.78 is 6.33. The van der Waals surface area contributed by atoms with E-state index in [-0.39, 0.29) is 17.9 Å². The second kappa shape index (κ2) is 12.2. The third-order valence-electron chi connectivity index (χ3n) is 8.55. The molecule has 0 aromatic heterocycles. The van der Waals surface area contributed by atoms with Crippen LogP contribution in [0.15, 0.2) is 12.1 Å². The lowest BCUT2D eigenvalue weighted by Gasteiger charge is -2.43. The summed E-state index contributed by atoms with van der Waals surface area (Å²) in [5, 5.41) is 10.6. The number of piperidine rings is 2. The predicted molar refractivity (Wildman–Crippen MR) is 142 cm³/mol. The number of aliphatic hydroxyl groups excluding tert-OH is 1. The Labute approximate surface area is 221 Å². The Balaban J connectivity index is 1.46. The monoisotopic (exact) mass is 518 g/mol. The fourth-order valence-corrected chi connectivity index (χ4v) is 6.40. The van der Waals surface area contributed by atoms with Gasteiger partial charge in [-0.3, -0.25) is 9.59 Å². The highest BCUT2D eigenvalue weighted by Crippen LogP contribution is 2.37. The first kappa shape index (κ1) is 27.3. The van der Waals surface area contributed by atoms with E-state index >= 15 is 0 Å². The fourth-order valence-electron chi connectivity index (χ4n) is 6.29. The number of ether oxygens (including phenoxy) is 1. The lowest BCUT2D eigenvalue weighted by Crippen LogP contribution is -2.51. The van der Waals surface area contributed by atoms with Crippen LogP contribution in [0.5, 0.6) is 5.75 Å². The predicted octanol–water partition coefficient (Wildman–Crippen LogP) is 5.29. The van der Waals surface area contributed by atoms with Gasteiger partial charge in [0.15, 0.2) is 0 Å². The first-order valence-corrected chi connectivity index (χ1v) is 14.3. The second-order valence-electron chi connectivity index (χ2n) is 11.6. The second-order valence-corrected chi connectivity index (χ2v) is 11.9. The minimum atomic E-state index is -0.421. The van der Waals surface area contributed by atoms with Gasteiger partial charge in [-0.25, -0.2) is 0 Å². The lowest BCUT2D eigenvalue weighted by atomic mass is 9.77. The van der Waals surface area contributed by atoms with E-state index < -0.39 is 5.41 Å².